The van der Waals surface area contributed by atoms with E-state index in [1.54, 1.807) is 18.2 Å². The molecule has 0 bridgehead atoms. The Hall–Kier alpha value is -3.56. The number of fused-ring (bicyclic) bond motifs is 1. The van der Waals surface area contributed by atoms with Crippen molar-refractivity contribution in [3.63, 3.8) is 0 Å². The van der Waals surface area contributed by atoms with Crippen LogP contribution in [0.2, 0.25) is 0 Å². The van der Waals surface area contributed by atoms with E-state index in [9.17, 15) is 19.2 Å². The van der Waals surface area contributed by atoms with Crippen LogP contribution in [-0.2, 0) is 16.1 Å². The van der Waals surface area contributed by atoms with Crippen molar-refractivity contribution < 1.29 is 19.2 Å². The number of piperidine rings is 1. The van der Waals surface area contributed by atoms with Gasteiger partial charge in [0.1, 0.15) is 6.04 Å². The second kappa shape index (κ2) is 6.31. The van der Waals surface area contributed by atoms with Crippen molar-refractivity contribution in [2.45, 2.75) is 25.4 Å². The molecular formula is C17H16N6O4. The van der Waals surface area contributed by atoms with Crippen LogP contribution in [-0.4, -0.2) is 56.6 Å². The van der Waals surface area contributed by atoms with Crippen LogP contribution in [0.4, 0.5) is 0 Å². The lowest BCUT2D eigenvalue weighted by atomic mass is 10.0. The number of nitrogens with one attached hydrogen (secondary N) is 2. The van der Waals surface area contributed by atoms with Crippen LogP contribution in [0.3, 0.4) is 0 Å². The molecule has 1 atom stereocenters. The summed E-state index contributed by atoms with van der Waals surface area (Å²) in [4.78, 5) is 49.3. The van der Waals surface area contributed by atoms with Gasteiger partial charge in [-0.15, -0.1) is 5.10 Å². The number of benzene rings is 1. The Kier molecular flexibility index (Phi) is 3.94. The first-order chi connectivity index (χ1) is 13.0. The van der Waals surface area contributed by atoms with Crippen LogP contribution in [0.5, 0.6) is 0 Å². The molecule has 10 nitrogen and oxygen atoms in total. The van der Waals surface area contributed by atoms with E-state index < -0.39 is 11.9 Å². The summed E-state index contributed by atoms with van der Waals surface area (Å²) in [6, 6.07) is 4.56. The van der Waals surface area contributed by atoms with Gasteiger partial charge in [-0.1, -0.05) is 11.3 Å². The average molecular weight is 368 g/mol. The van der Waals surface area contributed by atoms with Gasteiger partial charge in [0.25, 0.3) is 11.8 Å². The fraction of sp³-hybridized carbons (Fsp3) is 0.294. The van der Waals surface area contributed by atoms with Crippen LogP contribution in [0.15, 0.2) is 24.4 Å². The van der Waals surface area contributed by atoms with Crippen LogP contribution >= 0.6 is 0 Å². The smallest absolute Gasteiger partial charge is 0.273 e. The number of amides is 4. The molecule has 2 N–H and O–H groups in total. The predicted octanol–water partition coefficient (Wildman–Crippen LogP) is -0.612. The molecule has 2 aliphatic rings. The quantitative estimate of drug-likeness (QED) is 0.696. The first-order valence-electron chi connectivity index (χ1n) is 8.40. The zero-order chi connectivity index (χ0) is 19.1. The van der Waals surface area contributed by atoms with Gasteiger partial charge in [-0.05, 0) is 24.1 Å². The zero-order valence-electron chi connectivity index (χ0n) is 14.4. The molecule has 27 heavy (non-hydrogen) atoms. The summed E-state index contributed by atoms with van der Waals surface area (Å²) in [6.07, 6.45) is 2.00. The van der Waals surface area contributed by atoms with Crippen molar-refractivity contribution in [3.8, 4) is 5.69 Å². The fourth-order valence-electron chi connectivity index (χ4n) is 3.31. The number of aromatic nitrogens is 3. The van der Waals surface area contributed by atoms with Crippen LogP contribution in [0.1, 0.15) is 39.3 Å². The van der Waals surface area contributed by atoms with Gasteiger partial charge in [0.15, 0.2) is 5.69 Å². The molecule has 2 aromatic rings. The highest BCUT2D eigenvalue weighted by Gasteiger charge is 2.39. The molecule has 2 aliphatic heterocycles. The molecule has 10 heteroatoms. The summed E-state index contributed by atoms with van der Waals surface area (Å²) < 4.78 is 1.41. The minimum atomic E-state index is -0.655. The maximum atomic E-state index is 12.8. The van der Waals surface area contributed by atoms with Gasteiger partial charge in [-0.3, -0.25) is 24.5 Å². The van der Waals surface area contributed by atoms with Gasteiger partial charge in [0.05, 0.1) is 11.9 Å². The topological polar surface area (TPSA) is 126 Å². The molecule has 0 spiro atoms. The second-order valence-corrected chi connectivity index (χ2v) is 6.37. The van der Waals surface area contributed by atoms with E-state index in [1.165, 1.54) is 22.8 Å². The van der Waals surface area contributed by atoms with Crippen molar-refractivity contribution in [2.24, 2.45) is 0 Å². The normalized spacial score (nSPS) is 19.1. The Morgan fingerprint density at radius 3 is 2.85 bits per heavy atom. The fourth-order valence-corrected chi connectivity index (χ4v) is 3.31. The summed E-state index contributed by atoms with van der Waals surface area (Å²) in [5.41, 5.74) is 2.00. The number of hydrogen-bond donors (Lipinski definition) is 2. The lowest BCUT2D eigenvalue weighted by Gasteiger charge is -2.29. The number of imide groups is 1. The Labute approximate surface area is 153 Å². The Morgan fingerprint density at radius 2 is 2.11 bits per heavy atom. The van der Waals surface area contributed by atoms with E-state index in [0.717, 1.165) is 5.56 Å². The van der Waals surface area contributed by atoms with Crippen LogP contribution in [0, 0.1) is 0 Å². The third kappa shape index (κ3) is 2.84. The van der Waals surface area contributed by atoms with E-state index in [-0.39, 0.29) is 29.8 Å². The van der Waals surface area contributed by atoms with Gasteiger partial charge in [0.2, 0.25) is 11.8 Å². The summed E-state index contributed by atoms with van der Waals surface area (Å²) in [7, 11) is 1.50. The van der Waals surface area contributed by atoms with Crippen molar-refractivity contribution in [1.82, 2.24) is 30.5 Å². The van der Waals surface area contributed by atoms with E-state index in [1.807, 2.05) is 0 Å². The van der Waals surface area contributed by atoms with E-state index in [0.29, 0.717) is 24.2 Å². The van der Waals surface area contributed by atoms with Crippen LogP contribution in [0.25, 0.3) is 5.69 Å². The third-order valence-corrected chi connectivity index (χ3v) is 4.73. The minimum absolute atomic E-state index is 0.162. The molecule has 1 unspecified atom stereocenters. The van der Waals surface area contributed by atoms with Gasteiger partial charge in [-0.2, -0.15) is 0 Å². The Balaban J connectivity index is 1.60. The van der Waals surface area contributed by atoms with Gasteiger partial charge in [-0.25, -0.2) is 4.68 Å². The molecule has 138 valence electrons. The first-order valence-corrected chi connectivity index (χ1v) is 8.40. The van der Waals surface area contributed by atoms with Crippen molar-refractivity contribution >= 4 is 23.6 Å². The van der Waals surface area contributed by atoms with Crippen LogP contribution < -0.4 is 10.6 Å². The average Bonchev–Trinajstić information content (AvgIpc) is 3.27. The summed E-state index contributed by atoms with van der Waals surface area (Å²) in [5, 5.41) is 12.5. The summed E-state index contributed by atoms with van der Waals surface area (Å²) >= 11 is 0. The molecule has 4 amide bonds. The minimum Gasteiger partial charge on any atom is -0.354 e. The summed E-state index contributed by atoms with van der Waals surface area (Å²) in [6.45, 7) is 0.307. The highest BCUT2D eigenvalue weighted by atomic mass is 16.2. The highest BCUT2D eigenvalue weighted by molar-refractivity contribution is 6.05. The molecule has 0 aliphatic carbocycles. The number of carbonyl (C=O) groups excluding carboxylic acids is 4. The number of rotatable bonds is 3. The first kappa shape index (κ1) is 16.9. The molecule has 4 rings (SSSR count). The zero-order valence-corrected chi connectivity index (χ0v) is 14.4. The second-order valence-electron chi connectivity index (χ2n) is 6.37. The van der Waals surface area contributed by atoms with Crippen molar-refractivity contribution in [2.75, 3.05) is 7.05 Å². The monoisotopic (exact) mass is 368 g/mol. The lowest BCUT2D eigenvalue weighted by molar-refractivity contribution is -0.136. The molecule has 0 radical (unpaired) electrons. The van der Waals surface area contributed by atoms with Crippen molar-refractivity contribution in [3.05, 3.63) is 41.2 Å². The lowest BCUT2D eigenvalue weighted by Crippen LogP contribution is -2.52. The predicted molar refractivity (Wildman–Crippen MR) is 90.8 cm³/mol. The summed E-state index contributed by atoms with van der Waals surface area (Å²) in [5.74, 6) is -1.39. The number of hydrogen-bond acceptors (Lipinski definition) is 6. The maximum absolute atomic E-state index is 12.8. The SMILES string of the molecule is CNC(=O)c1cn(-c2ccc3c(c2)C(=O)N(C2CCC(=O)NC2=O)C3)nn1. The molecule has 1 fully saturated rings. The Bertz CT molecular complexity index is 982. The third-order valence-electron chi connectivity index (χ3n) is 4.73. The molecule has 1 aromatic heterocycles. The highest BCUT2D eigenvalue weighted by Crippen LogP contribution is 2.28. The Morgan fingerprint density at radius 1 is 1.30 bits per heavy atom. The molecule has 1 aromatic carbocycles. The number of nitrogens with zero attached hydrogens (tertiary/aromatic N) is 4. The molecule has 1 saturated heterocycles. The largest absolute Gasteiger partial charge is 0.354 e. The van der Waals surface area contributed by atoms with Gasteiger partial charge < -0.3 is 10.2 Å². The van der Waals surface area contributed by atoms with Gasteiger partial charge in [0, 0.05) is 25.6 Å². The van der Waals surface area contributed by atoms with Gasteiger partial charge >= 0.3 is 0 Å². The van der Waals surface area contributed by atoms with E-state index in [2.05, 4.69) is 20.9 Å². The maximum Gasteiger partial charge on any atom is 0.273 e. The standard InChI is InChI=1S/C17H16N6O4/c1-18-15(25)12-8-23(21-20-12)10-3-2-9-7-22(17(27)11(9)6-10)13-4-5-14(24)19-16(13)26/h2-3,6,8,13H,4-5,7H2,1H3,(H,18,25)(H,19,24,26). The molecule has 3 heterocycles. The number of carbonyl (C=O) groups is 4. The van der Waals surface area contributed by atoms with E-state index >= 15 is 0 Å². The van der Waals surface area contributed by atoms with Crippen molar-refractivity contribution in [1.29, 1.82) is 0 Å². The molecule has 0 saturated carbocycles. The van der Waals surface area contributed by atoms with E-state index in [4.69, 9.17) is 0 Å². The molecular weight excluding hydrogens is 352 g/mol.